The van der Waals surface area contributed by atoms with Crippen molar-refractivity contribution in [2.75, 3.05) is 18.8 Å². The van der Waals surface area contributed by atoms with E-state index in [9.17, 15) is 13.2 Å². The van der Waals surface area contributed by atoms with E-state index in [1.165, 1.54) is 0 Å². The van der Waals surface area contributed by atoms with Gasteiger partial charge < -0.3 is 5.32 Å². The number of unbranched alkanes of at least 4 members (excludes halogenated alkanes) is 1. The Balaban J connectivity index is 1.99. The minimum absolute atomic E-state index is 0.00309. The standard InChI is InChI=1S/C16H24FN3O3S/c1-2-3-10-24(22,23)20-9-5-7-16(17,13-20)15(21)19-12-14-6-4-8-18-11-14/h4,6,8,11H,2-3,5,7,9-10,12-13H2,1H3,(H,19,21). The van der Waals surface area contributed by atoms with Crippen LogP contribution in [0, 0.1) is 0 Å². The first-order chi connectivity index (χ1) is 11.4. The van der Waals surface area contributed by atoms with Gasteiger partial charge in [-0.15, -0.1) is 0 Å². The highest BCUT2D eigenvalue weighted by molar-refractivity contribution is 7.89. The van der Waals surface area contributed by atoms with E-state index in [2.05, 4.69) is 10.3 Å². The van der Waals surface area contributed by atoms with Gasteiger partial charge in [-0.2, -0.15) is 4.31 Å². The first kappa shape index (κ1) is 18.8. The Labute approximate surface area is 142 Å². The molecule has 0 saturated carbocycles. The van der Waals surface area contributed by atoms with Gasteiger partial charge in [0.1, 0.15) is 0 Å². The molecule has 1 unspecified atom stereocenters. The highest BCUT2D eigenvalue weighted by atomic mass is 32.2. The number of aromatic nitrogens is 1. The first-order valence-corrected chi connectivity index (χ1v) is 9.82. The molecular formula is C16H24FN3O3S. The number of nitrogens with zero attached hydrogens (tertiary/aromatic N) is 2. The molecule has 1 aromatic heterocycles. The number of pyridine rings is 1. The third kappa shape index (κ3) is 4.73. The van der Waals surface area contributed by atoms with Gasteiger partial charge >= 0.3 is 0 Å². The smallest absolute Gasteiger partial charge is 0.259 e. The summed E-state index contributed by atoms with van der Waals surface area (Å²) in [4.78, 5) is 16.2. The second-order valence-electron chi connectivity index (χ2n) is 6.12. The van der Waals surface area contributed by atoms with Crippen LogP contribution in [0.1, 0.15) is 38.2 Å². The summed E-state index contributed by atoms with van der Waals surface area (Å²) in [5, 5.41) is 2.55. The summed E-state index contributed by atoms with van der Waals surface area (Å²) >= 11 is 0. The van der Waals surface area contributed by atoms with Crippen molar-refractivity contribution in [2.45, 2.75) is 44.8 Å². The number of nitrogens with one attached hydrogen (secondary N) is 1. The molecule has 1 aliphatic rings. The number of halogens is 1. The summed E-state index contributed by atoms with van der Waals surface area (Å²) < 4.78 is 40.7. The van der Waals surface area contributed by atoms with Gasteiger partial charge in [0.2, 0.25) is 15.7 Å². The van der Waals surface area contributed by atoms with Crippen molar-refractivity contribution < 1.29 is 17.6 Å². The Hall–Kier alpha value is -1.54. The maximum Gasteiger partial charge on any atom is 0.259 e. The van der Waals surface area contributed by atoms with Crippen molar-refractivity contribution in [2.24, 2.45) is 0 Å². The number of carbonyl (C=O) groups excluding carboxylic acids is 1. The molecule has 1 aliphatic heterocycles. The van der Waals surface area contributed by atoms with Gasteiger partial charge in [-0.3, -0.25) is 9.78 Å². The molecule has 1 saturated heterocycles. The summed E-state index contributed by atoms with van der Waals surface area (Å²) in [6.07, 6.45) is 4.86. The van der Waals surface area contributed by atoms with Crippen LogP contribution in [0.25, 0.3) is 0 Å². The van der Waals surface area contributed by atoms with Crippen LogP contribution >= 0.6 is 0 Å². The van der Waals surface area contributed by atoms with Crippen molar-refractivity contribution in [3.63, 3.8) is 0 Å². The van der Waals surface area contributed by atoms with E-state index in [-0.39, 0.29) is 25.3 Å². The van der Waals surface area contributed by atoms with Gasteiger partial charge in [-0.05, 0) is 30.9 Å². The molecule has 0 radical (unpaired) electrons. The summed E-state index contributed by atoms with van der Waals surface area (Å²) in [6.45, 7) is 1.93. The molecule has 1 aromatic rings. The van der Waals surface area contributed by atoms with Crippen molar-refractivity contribution in [1.82, 2.24) is 14.6 Å². The van der Waals surface area contributed by atoms with Crippen LogP contribution in [0.15, 0.2) is 24.5 Å². The molecule has 1 amide bonds. The van der Waals surface area contributed by atoms with Crippen LogP contribution in [0.2, 0.25) is 0 Å². The molecule has 0 bridgehead atoms. The summed E-state index contributed by atoms with van der Waals surface area (Å²) in [5.41, 5.74) is -1.42. The monoisotopic (exact) mass is 357 g/mol. The van der Waals surface area contributed by atoms with Crippen LogP contribution in [-0.2, 0) is 21.4 Å². The Bertz CT molecular complexity index is 654. The molecule has 8 heteroatoms. The number of alkyl halides is 1. The van der Waals surface area contributed by atoms with Crippen LogP contribution in [0.4, 0.5) is 4.39 Å². The van der Waals surface area contributed by atoms with Crippen molar-refractivity contribution >= 4 is 15.9 Å². The zero-order valence-corrected chi connectivity index (χ0v) is 14.7. The van der Waals surface area contributed by atoms with E-state index in [0.29, 0.717) is 12.8 Å². The van der Waals surface area contributed by atoms with E-state index >= 15 is 4.39 Å². The fraction of sp³-hybridized carbons (Fsp3) is 0.625. The largest absolute Gasteiger partial charge is 0.349 e. The van der Waals surface area contributed by atoms with Gasteiger partial charge in [0.25, 0.3) is 5.91 Å². The highest BCUT2D eigenvalue weighted by Crippen LogP contribution is 2.28. The summed E-state index contributed by atoms with van der Waals surface area (Å²) in [5.74, 6) is -0.765. The number of amides is 1. The van der Waals surface area contributed by atoms with E-state index < -0.39 is 28.1 Å². The molecule has 0 spiro atoms. The predicted octanol–water partition coefficient (Wildman–Crippen LogP) is 1.63. The topological polar surface area (TPSA) is 79.4 Å². The first-order valence-electron chi connectivity index (χ1n) is 8.21. The lowest BCUT2D eigenvalue weighted by atomic mass is 9.95. The van der Waals surface area contributed by atoms with Crippen molar-refractivity contribution in [1.29, 1.82) is 0 Å². The predicted molar refractivity (Wildman–Crippen MR) is 89.4 cm³/mol. The highest BCUT2D eigenvalue weighted by Gasteiger charge is 2.45. The number of hydrogen-bond acceptors (Lipinski definition) is 4. The minimum atomic E-state index is -3.51. The number of carbonyl (C=O) groups is 1. The van der Waals surface area contributed by atoms with E-state index in [4.69, 9.17) is 0 Å². The maximum atomic E-state index is 15.0. The molecule has 1 N–H and O–H groups in total. The Morgan fingerprint density at radius 3 is 2.96 bits per heavy atom. The van der Waals surface area contributed by atoms with Gasteiger partial charge in [0.05, 0.1) is 12.3 Å². The third-order valence-electron chi connectivity index (χ3n) is 4.14. The van der Waals surface area contributed by atoms with E-state index in [0.717, 1.165) is 16.3 Å². The van der Waals surface area contributed by atoms with Crippen LogP contribution in [0.5, 0.6) is 0 Å². The molecule has 0 aromatic carbocycles. The molecule has 24 heavy (non-hydrogen) atoms. The lowest BCUT2D eigenvalue weighted by Crippen LogP contribution is -2.55. The van der Waals surface area contributed by atoms with Gasteiger partial charge in [-0.1, -0.05) is 19.4 Å². The quantitative estimate of drug-likeness (QED) is 0.804. The summed E-state index contributed by atoms with van der Waals surface area (Å²) in [6, 6.07) is 3.51. The second kappa shape index (κ2) is 8.02. The average Bonchev–Trinajstić information content (AvgIpc) is 2.59. The van der Waals surface area contributed by atoms with E-state index in [1.807, 2.05) is 6.92 Å². The molecular weight excluding hydrogens is 333 g/mol. The lowest BCUT2D eigenvalue weighted by Gasteiger charge is -2.35. The average molecular weight is 357 g/mol. The van der Waals surface area contributed by atoms with Crippen LogP contribution < -0.4 is 5.32 Å². The van der Waals surface area contributed by atoms with Crippen LogP contribution in [0.3, 0.4) is 0 Å². The van der Waals surface area contributed by atoms with Crippen molar-refractivity contribution in [3.8, 4) is 0 Å². The number of sulfonamides is 1. The Morgan fingerprint density at radius 1 is 1.50 bits per heavy atom. The van der Waals surface area contributed by atoms with Gasteiger partial charge in [-0.25, -0.2) is 12.8 Å². The summed E-state index contributed by atoms with van der Waals surface area (Å²) in [7, 11) is -3.51. The molecule has 134 valence electrons. The number of hydrogen-bond donors (Lipinski definition) is 1. The molecule has 1 fully saturated rings. The Kier molecular flexibility index (Phi) is 6.28. The fourth-order valence-corrected chi connectivity index (χ4v) is 4.42. The third-order valence-corrected chi connectivity index (χ3v) is 6.04. The second-order valence-corrected chi connectivity index (χ2v) is 8.20. The molecule has 2 heterocycles. The Morgan fingerprint density at radius 2 is 2.29 bits per heavy atom. The maximum absolute atomic E-state index is 15.0. The normalized spacial score (nSPS) is 22.2. The molecule has 2 rings (SSSR count). The number of rotatable bonds is 7. The zero-order valence-electron chi connectivity index (χ0n) is 13.9. The van der Waals surface area contributed by atoms with E-state index in [1.54, 1.807) is 24.5 Å². The molecule has 1 atom stereocenters. The fourth-order valence-electron chi connectivity index (χ4n) is 2.70. The SMILES string of the molecule is CCCCS(=O)(=O)N1CCCC(F)(C(=O)NCc2cccnc2)C1. The zero-order chi connectivity index (χ0) is 17.6. The minimum Gasteiger partial charge on any atom is -0.349 e. The lowest BCUT2D eigenvalue weighted by molar-refractivity contribution is -0.135. The molecule has 6 nitrogen and oxygen atoms in total. The van der Waals surface area contributed by atoms with Crippen molar-refractivity contribution in [3.05, 3.63) is 30.1 Å². The van der Waals surface area contributed by atoms with Gasteiger partial charge in [0.15, 0.2) is 0 Å². The van der Waals surface area contributed by atoms with Gasteiger partial charge in [0, 0.05) is 25.5 Å². The molecule has 0 aliphatic carbocycles. The number of piperidine rings is 1. The van der Waals surface area contributed by atoms with Crippen LogP contribution in [-0.4, -0.2) is 48.1 Å².